The van der Waals surface area contributed by atoms with Crippen LogP contribution in [0.2, 0.25) is 0 Å². The molecule has 104 valence electrons. The first-order valence-corrected chi connectivity index (χ1v) is 7.77. The molecule has 1 heterocycles. The van der Waals surface area contributed by atoms with Gasteiger partial charge in [0.15, 0.2) is 0 Å². The lowest BCUT2D eigenvalue weighted by Gasteiger charge is -2.26. The lowest BCUT2D eigenvalue weighted by molar-refractivity contribution is 0.325. The van der Waals surface area contributed by atoms with Crippen LogP contribution in [0.4, 0.5) is 0 Å². The maximum atomic E-state index is 5.90. The van der Waals surface area contributed by atoms with E-state index in [0.29, 0.717) is 6.04 Å². The fourth-order valence-corrected chi connectivity index (χ4v) is 3.79. The van der Waals surface area contributed by atoms with Gasteiger partial charge in [-0.15, -0.1) is 0 Å². The third-order valence-electron chi connectivity index (χ3n) is 4.71. The van der Waals surface area contributed by atoms with Crippen molar-refractivity contribution >= 4 is 0 Å². The minimum atomic E-state index is 0.475. The minimum absolute atomic E-state index is 0.475. The van der Waals surface area contributed by atoms with Crippen LogP contribution in [0.25, 0.3) is 0 Å². The molecule has 1 N–H and O–H groups in total. The van der Waals surface area contributed by atoms with E-state index in [1.807, 2.05) is 0 Å². The van der Waals surface area contributed by atoms with E-state index in [9.17, 15) is 0 Å². The Labute approximate surface area is 116 Å². The van der Waals surface area contributed by atoms with E-state index in [4.69, 9.17) is 4.74 Å². The van der Waals surface area contributed by atoms with Crippen LogP contribution in [0.5, 0.6) is 5.75 Å². The molecule has 1 aromatic rings. The SMILES string of the molecule is CCNC(c1cccc2c1OCC2)C1CCC(C)C1. The summed E-state index contributed by atoms with van der Waals surface area (Å²) in [6, 6.07) is 7.15. The second-order valence-electron chi connectivity index (χ2n) is 6.15. The predicted octanol–water partition coefficient (Wildman–Crippen LogP) is 3.71. The molecule has 2 nitrogen and oxygen atoms in total. The number of fused-ring (bicyclic) bond motifs is 1. The Morgan fingerprint density at radius 2 is 2.26 bits per heavy atom. The van der Waals surface area contributed by atoms with Crippen molar-refractivity contribution in [1.29, 1.82) is 0 Å². The zero-order valence-electron chi connectivity index (χ0n) is 12.1. The monoisotopic (exact) mass is 259 g/mol. The largest absolute Gasteiger partial charge is 0.493 e. The average Bonchev–Trinajstić information content (AvgIpc) is 3.04. The summed E-state index contributed by atoms with van der Waals surface area (Å²) >= 11 is 0. The van der Waals surface area contributed by atoms with Gasteiger partial charge in [0.05, 0.1) is 6.61 Å². The Bertz CT molecular complexity index is 443. The van der Waals surface area contributed by atoms with Crippen LogP contribution in [-0.2, 0) is 6.42 Å². The quantitative estimate of drug-likeness (QED) is 0.890. The van der Waals surface area contributed by atoms with Gasteiger partial charge >= 0.3 is 0 Å². The highest BCUT2D eigenvalue weighted by Crippen LogP contribution is 2.43. The smallest absolute Gasteiger partial charge is 0.127 e. The lowest BCUT2D eigenvalue weighted by Crippen LogP contribution is -2.27. The van der Waals surface area contributed by atoms with E-state index >= 15 is 0 Å². The molecule has 1 fully saturated rings. The molecule has 1 aliphatic heterocycles. The molecule has 1 aliphatic carbocycles. The highest BCUT2D eigenvalue weighted by molar-refractivity contribution is 5.46. The molecule has 2 heteroatoms. The maximum Gasteiger partial charge on any atom is 0.127 e. The third kappa shape index (κ3) is 2.51. The second kappa shape index (κ2) is 5.54. The van der Waals surface area contributed by atoms with Gasteiger partial charge in [0.1, 0.15) is 5.75 Å². The van der Waals surface area contributed by atoms with Crippen molar-refractivity contribution in [2.75, 3.05) is 13.2 Å². The van der Waals surface area contributed by atoms with Crippen LogP contribution in [0.3, 0.4) is 0 Å². The average molecular weight is 259 g/mol. The fourth-order valence-electron chi connectivity index (χ4n) is 3.79. The first-order chi connectivity index (χ1) is 9.29. The first-order valence-electron chi connectivity index (χ1n) is 7.77. The van der Waals surface area contributed by atoms with Gasteiger partial charge < -0.3 is 10.1 Å². The summed E-state index contributed by atoms with van der Waals surface area (Å²) in [5, 5.41) is 3.71. The number of hydrogen-bond donors (Lipinski definition) is 1. The van der Waals surface area contributed by atoms with Crippen molar-refractivity contribution in [3.8, 4) is 5.75 Å². The van der Waals surface area contributed by atoms with Gasteiger partial charge in [0.25, 0.3) is 0 Å². The lowest BCUT2D eigenvalue weighted by atomic mass is 9.89. The van der Waals surface area contributed by atoms with Crippen molar-refractivity contribution in [3.05, 3.63) is 29.3 Å². The van der Waals surface area contributed by atoms with Gasteiger partial charge in [0, 0.05) is 18.0 Å². The van der Waals surface area contributed by atoms with E-state index in [1.54, 1.807) is 0 Å². The van der Waals surface area contributed by atoms with Crippen molar-refractivity contribution in [3.63, 3.8) is 0 Å². The summed E-state index contributed by atoms with van der Waals surface area (Å²) in [6.07, 6.45) is 5.15. The Morgan fingerprint density at radius 1 is 1.37 bits per heavy atom. The van der Waals surface area contributed by atoms with Crippen LogP contribution in [-0.4, -0.2) is 13.2 Å². The van der Waals surface area contributed by atoms with Crippen molar-refractivity contribution in [2.24, 2.45) is 11.8 Å². The van der Waals surface area contributed by atoms with E-state index in [0.717, 1.165) is 31.4 Å². The van der Waals surface area contributed by atoms with E-state index in [1.165, 1.54) is 36.1 Å². The third-order valence-corrected chi connectivity index (χ3v) is 4.71. The second-order valence-corrected chi connectivity index (χ2v) is 6.15. The van der Waals surface area contributed by atoms with Gasteiger partial charge in [-0.25, -0.2) is 0 Å². The van der Waals surface area contributed by atoms with E-state index in [2.05, 4.69) is 37.4 Å². The number of para-hydroxylation sites is 1. The molecular formula is C17H25NO. The van der Waals surface area contributed by atoms with Crippen molar-refractivity contribution in [1.82, 2.24) is 5.32 Å². The molecule has 1 saturated carbocycles. The standard InChI is InChI=1S/C17H25NO/c1-3-18-16(14-8-7-12(2)11-14)15-6-4-5-13-9-10-19-17(13)15/h4-6,12,14,16,18H,3,7-11H2,1-2H3. The Kier molecular flexibility index (Phi) is 3.79. The van der Waals surface area contributed by atoms with Crippen LogP contribution in [0.1, 0.15) is 50.3 Å². The predicted molar refractivity (Wildman–Crippen MR) is 78.6 cm³/mol. The topological polar surface area (TPSA) is 21.3 Å². The van der Waals surface area contributed by atoms with Crippen LogP contribution in [0.15, 0.2) is 18.2 Å². The summed E-state index contributed by atoms with van der Waals surface area (Å²) in [4.78, 5) is 0. The summed E-state index contributed by atoms with van der Waals surface area (Å²) in [7, 11) is 0. The number of ether oxygens (including phenoxy) is 1. The van der Waals surface area contributed by atoms with Crippen molar-refractivity contribution < 1.29 is 4.74 Å². The molecule has 0 bridgehead atoms. The molecule has 3 unspecified atom stereocenters. The molecule has 0 amide bonds. The number of rotatable bonds is 4. The first kappa shape index (κ1) is 13.0. The molecule has 0 saturated heterocycles. The van der Waals surface area contributed by atoms with E-state index < -0.39 is 0 Å². The minimum Gasteiger partial charge on any atom is -0.493 e. The zero-order chi connectivity index (χ0) is 13.2. The van der Waals surface area contributed by atoms with Gasteiger partial charge in [0.2, 0.25) is 0 Å². The zero-order valence-corrected chi connectivity index (χ0v) is 12.1. The Morgan fingerprint density at radius 3 is 3.00 bits per heavy atom. The molecule has 19 heavy (non-hydrogen) atoms. The van der Waals surface area contributed by atoms with Gasteiger partial charge in [-0.1, -0.05) is 38.5 Å². The number of benzene rings is 1. The normalized spacial score (nSPS) is 27.1. The molecule has 0 radical (unpaired) electrons. The van der Waals surface area contributed by atoms with Gasteiger partial charge in [-0.3, -0.25) is 0 Å². The summed E-state index contributed by atoms with van der Waals surface area (Å²) in [6.45, 7) is 6.47. The van der Waals surface area contributed by atoms with Crippen molar-refractivity contribution in [2.45, 2.75) is 45.6 Å². The fraction of sp³-hybridized carbons (Fsp3) is 0.647. The molecular weight excluding hydrogens is 234 g/mol. The number of nitrogens with one attached hydrogen (secondary N) is 1. The molecule has 1 aromatic carbocycles. The highest BCUT2D eigenvalue weighted by atomic mass is 16.5. The van der Waals surface area contributed by atoms with Gasteiger partial charge in [-0.2, -0.15) is 0 Å². The molecule has 3 atom stereocenters. The molecule has 2 aliphatic rings. The Balaban J connectivity index is 1.90. The van der Waals surface area contributed by atoms with Crippen LogP contribution in [0, 0.1) is 11.8 Å². The summed E-state index contributed by atoms with van der Waals surface area (Å²) in [5.41, 5.74) is 2.79. The summed E-state index contributed by atoms with van der Waals surface area (Å²) < 4.78 is 5.90. The van der Waals surface area contributed by atoms with Gasteiger partial charge in [-0.05, 0) is 36.8 Å². The van der Waals surface area contributed by atoms with Crippen LogP contribution >= 0.6 is 0 Å². The Hall–Kier alpha value is -1.02. The maximum absolute atomic E-state index is 5.90. The van der Waals surface area contributed by atoms with E-state index in [-0.39, 0.29) is 0 Å². The van der Waals surface area contributed by atoms with Crippen LogP contribution < -0.4 is 10.1 Å². The summed E-state index contributed by atoms with van der Waals surface area (Å²) in [5.74, 6) is 2.82. The molecule has 0 aromatic heterocycles. The molecule has 0 spiro atoms. The number of hydrogen-bond acceptors (Lipinski definition) is 2. The molecule has 3 rings (SSSR count). The highest BCUT2D eigenvalue weighted by Gasteiger charge is 2.32.